The quantitative estimate of drug-likeness (QED) is 0.762. The van der Waals surface area contributed by atoms with Crippen LogP contribution >= 0.6 is 0 Å². The summed E-state index contributed by atoms with van der Waals surface area (Å²) in [6.45, 7) is 7.68. The minimum atomic E-state index is -0.394. The van der Waals surface area contributed by atoms with E-state index in [-0.39, 0.29) is 23.6 Å². The number of hydrogen-bond acceptors (Lipinski definition) is 3. The smallest absolute Gasteiger partial charge is 0.249 e. The average Bonchev–Trinajstić information content (AvgIpc) is 2.48. The van der Waals surface area contributed by atoms with Gasteiger partial charge in [-0.3, -0.25) is 4.79 Å². The van der Waals surface area contributed by atoms with Gasteiger partial charge in [0.25, 0.3) is 0 Å². The monoisotopic (exact) mass is 228 g/mol. The molecule has 0 heterocycles. The van der Waals surface area contributed by atoms with Crippen molar-refractivity contribution in [2.24, 2.45) is 5.73 Å². The molecule has 4 nitrogen and oxygen atoms in total. The molecule has 0 aromatic rings. The van der Waals surface area contributed by atoms with Crippen molar-refractivity contribution < 1.29 is 9.53 Å². The Morgan fingerprint density at radius 3 is 2.50 bits per heavy atom. The summed E-state index contributed by atoms with van der Waals surface area (Å²) in [6.07, 6.45) is 2.59. The van der Waals surface area contributed by atoms with Gasteiger partial charge in [0.1, 0.15) is 6.10 Å². The van der Waals surface area contributed by atoms with E-state index >= 15 is 0 Å². The second-order valence-electron chi connectivity index (χ2n) is 5.71. The highest BCUT2D eigenvalue weighted by molar-refractivity contribution is 5.81. The highest BCUT2D eigenvalue weighted by Crippen LogP contribution is 2.21. The van der Waals surface area contributed by atoms with Gasteiger partial charge in [-0.15, -0.1) is 0 Å². The van der Waals surface area contributed by atoms with Crippen LogP contribution in [0.15, 0.2) is 0 Å². The maximum atomic E-state index is 11.8. The van der Waals surface area contributed by atoms with Crippen LogP contribution in [0.4, 0.5) is 0 Å². The molecule has 0 bridgehead atoms. The molecule has 3 atom stereocenters. The molecule has 4 heteroatoms. The first-order valence-electron chi connectivity index (χ1n) is 6.01. The molecule has 1 fully saturated rings. The van der Waals surface area contributed by atoms with Crippen LogP contribution in [0.1, 0.15) is 47.0 Å². The van der Waals surface area contributed by atoms with Gasteiger partial charge in [-0.1, -0.05) is 0 Å². The largest absolute Gasteiger partial charge is 0.365 e. The number of amides is 1. The van der Waals surface area contributed by atoms with E-state index in [2.05, 4.69) is 5.32 Å². The Morgan fingerprint density at radius 1 is 1.44 bits per heavy atom. The SMILES string of the molecule is CC(OC1CCC(N)C1)C(=O)NC(C)(C)C. The Morgan fingerprint density at radius 2 is 2.06 bits per heavy atom. The summed E-state index contributed by atoms with van der Waals surface area (Å²) in [6, 6.07) is 0.239. The molecule has 3 N–H and O–H groups in total. The van der Waals surface area contributed by atoms with Crippen molar-refractivity contribution in [1.82, 2.24) is 5.32 Å². The zero-order chi connectivity index (χ0) is 12.3. The molecule has 0 aliphatic heterocycles. The highest BCUT2D eigenvalue weighted by atomic mass is 16.5. The molecular weight excluding hydrogens is 204 g/mol. The van der Waals surface area contributed by atoms with Crippen molar-refractivity contribution in [3.8, 4) is 0 Å². The number of hydrogen-bond donors (Lipinski definition) is 2. The zero-order valence-electron chi connectivity index (χ0n) is 10.7. The topological polar surface area (TPSA) is 64.3 Å². The Labute approximate surface area is 97.9 Å². The number of carbonyl (C=O) groups is 1. The van der Waals surface area contributed by atoms with Gasteiger partial charge < -0.3 is 15.8 Å². The van der Waals surface area contributed by atoms with Crippen molar-refractivity contribution >= 4 is 5.91 Å². The van der Waals surface area contributed by atoms with E-state index in [0.717, 1.165) is 19.3 Å². The first kappa shape index (κ1) is 13.5. The summed E-state index contributed by atoms with van der Waals surface area (Å²) < 4.78 is 5.70. The lowest BCUT2D eigenvalue weighted by Crippen LogP contribution is -2.46. The molecular formula is C12H24N2O2. The maximum absolute atomic E-state index is 11.8. The fourth-order valence-corrected chi connectivity index (χ4v) is 1.92. The molecule has 3 unspecified atom stereocenters. The number of rotatable bonds is 3. The molecule has 1 rings (SSSR count). The summed E-state index contributed by atoms with van der Waals surface area (Å²) >= 11 is 0. The molecule has 1 aliphatic carbocycles. The van der Waals surface area contributed by atoms with E-state index in [1.54, 1.807) is 6.92 Å². The van der Waals surface area contributed by atoms with Crippen molar-refractivity contribution in [2.45, 2.75) is 70.7 Å². The van der Waals surface area contributed by atoms with Crippen LogP contribution in [0.3, 0.4) is 0 Å². The van der Waals surface area contributed by atoms with Gasteiger partial charge >= 0.3 is 0 Å². The second-order valence-corrected chi connectivity index (χ2v) is 5.71. The Bertz CT molecular complexity index is 248. The maximum Gasteiger partial charge on any atom is 0.249 e. The van der Waals surface area contributed by atoms with Gasteiger partial charge in [-0.05, 0) is 47.0 Å². The Hall–Kier alpha value is -0.610. The fourth-order valence-electron chi connectivity index (χ4n) is 1.92. The minimum Gasteiger partial charge on any atom is -0.365 e. The normalized spacial score (nSPS) is 27.8. The third kappa shape index (κ3) is 4.49. The number of nitrogens with two attached hydrogens (primary N) is 1. The van der Waals surface area contributed by atoms with Gasteiger partial charge in [-0.25, -0.2) is 0 Å². The van der Waals surface area contributed by atoms with Crippen molar-refractivity contribution in [1.29, 1.82) is 0 Å². The molecule has 0 radical (unpaired) electrons. The van der Waals surface area contributed by atoms with Gasteiger partial charge in [0.2, 0.25) is 5.91 Å². The van der Waals surface area contributed by atoms with E-state index in [0.29, 0.717) is 0 Å². The minimum absolute atomic E-state index is 0.0482. The molecule has 94 valence electrons. The number of carbonyl (C=O) groups excluding carboxylic acids is 1. The van der Waals surface area contributed by atoms with Crippen LogP contribution in [-0.4, -0.2) is 29.7 Å². The van der Waals surface area contributed by atoms with Crippen LogP contribution in [-0.2, 0) is 9.53 Å². The lowest BCUT2D eigenvalue weighted by atomic mass is 10.1. The zero-order valence-corrected chi connectivity index (χ0v) is 10.7. The van der Waals surface area contributed by atoms with Crippen molar-refractivity contribution in [3.63, 3.8) is 0 Å². The van der Waals surface area contributed by atoms with Crippen molar-refractivity contribution in [3.05, 3.63) is 0 Å². The lowest BCUT2D eigenvalue weighted by Gasteiger charge is -2.24. The summed E-state index contributed by atoms with van der Waals surface area (Å²) in [5, 5.41) is 2.91. The van der Waals surface area contributed by atoms with Gasteiger partial charge in [-0.2, -0.15) is 0 Å². The predicted molar refractivity (Wildman–Crippen MR) is 64.1 cm³/mol. The molecule has 0 saturated heterocycles. The number of ether oxygens (including phenoxy) is 1. The second kappa shape index (κ2) is 5.15. The lowest BCUT2D eigenvalue weighted by molar-refractivity contribution is -0.136. The molecule has 0 aromatic heterocycles. The van der Waals surface area contributed by atoms with Gasteiger partial charge in [0.05, 0.1) is 6.10 Å². The molecule has 16 heavy (non-hydrogen) atoms. The van der Waals surface area contributed by atoms with Crippen LogP contribution in [0.2, 0.25) is 0 Å². The summed E-state index contributed by atoms with van der Waals surface area (Å²) in [5.74, 6) is -0.0482. The summed E-state index contributed by atoms with van der Waals surface area (Å²) in [5.41, 5.74) is 5.59. The summed E-state index contributed by atoms with van der Waals surface area (Å²) in [7, 11) is 0. The van der Waals surface area contributed by atoms with Gasteiger partial charge in [0, 0.05) is 11.6 Å². The standard InChI is InChI=1S/C12H24N2O2/c1-8(11(15)14-12(2,3)4)16-10-6-5-9(13)7-10/h8-10H,5-7,13H2,1-4H3,(H,14,15). The third-order valence-electron chi connectivity index (χ3n) is 2.69. The van der Waals surface area contributed by atoms with E-state index in [9.17, 15) is 4.79 Å². The average molecular weight is 228 g/mol. The van der Waals surface area contributed by atoms with E-state index < -0.39 is 6.10 Å². The third-order valence-corrected chi connectivity index (χ3v) is 2.69. The molecule has 0 spiro atoms. The Kier molecular flexibility index (Phi) is 4.33. The highest BCUT2D eigenvalue weighted by Gasteiger charge is 2.27. The Balaban J connectivity index is 2.34. The molecule has 1 saturated carbocycles. The van der Waals surface area contributed by atoms with Crippen LogP contribution in [0.25, 0.3) is 0 Å². The number of nitrogens with one attached hydrogen (secondary N) is 1. The first-order valence-corrected chi connectivity index (χ1v) is 6.01. The van der Waals surface area contributed by atoms with Crippen LogP contribution < -0.4 is 11.1 Å². The van der Waals surface area contributed by atoms with Crippen molar-refractivity contribution in [2.75, 3.05) is 0 Å². The van der Waals surface area contributed by atoms with Crippen LogP contribution in [0.5, 0.6) is 0 Å². The van der Waals surface area contributed by atoms with Gasteiger partial charge in [0.15, 0.2) is 0 Å². The predicted octanol–water partition coefficient (Wildman–Crippen LogP) is 1.19. The molecule has 1 amide bonds. The van der Waals surface area contributed by atoms with E-state index in [1.165, 1.54) is 0 Å². The van der Waals surface area contributed by atoms with E-state index in [4.69, 9.17) is 10.5 Å². The fraction of sp³-hybridized carbons (Fsp3) is 0.917. The molecule has 0 aromatic carbocycles. The van der Waals surface area contributed by atoms with Crippen LogP contribution in [0, 0.1) is 0 Å². The van der Waals surface area contributed by atoms with E-state index in [1.807, 2.05) is 20.8 Å². The summed E-state index contributed by atoms with van der Waals surface area (Å²) in [4.78, 5) is 11.8. The first-order chi connectivity index (χ1) is 7.28. The molecule has 1 aliphatic rings.